The fourth-order valence-electron chi connectivity index (χ4n) is 4.61. The lowest BCUT2D eigenvalue weighted by atomic mass is 9.87. The van der Waals surface area contributed by atoms with Gasteiger partial charge in [0.15, 0.2) is 0 Å². The quantitative estimate of drug-likeness (QED) is 0.412. The third-order valence-corrected chi connectivity index (χ3v) is 6.45. The molecule has 6 rings (SSSR count). The molecule has 0 N–H and O–H groups in total. The van der Waals surface area contributed by atoms with Crippen molar-refractivity contribution in [2.24, 2.45) is 0 Å². The number of hydrogen-bond acceptors (Lipinski definition) is 7. The van der Waals surface area contributed by atoms with Crippen LogP contribution in [0.3, 0.4) is 0 Å². The minimum atomic E-state index is -2.41. The summed E-state index contributed by atoms with van der Waals surface area (Å²) in [6, 6.07) is 4.33. The lowest BCUT2D eigenvalue weighted by Crippen LogP contribution is -2.63. The molecule has 0 unspecified atom stereocenters. The first-order chi connectivity index (χ1) is 16.5. The minimum absolute atomic E-state index is 0.186. The van der Waals surface area contributed by atoms with Crippen molar-refractivity contribution < 1.29 is 13.5 Å². The molecule has 0 radical (unpaired) electrons. The van der Waals surface area contributed by atoms with Gasteiger partial charge in [0, 0.05) is 49.5 Å². The molecule has 0 saturated carbocycles. The molecule has 0 atom stereocenters. The molecule has 2 fully saturated rings. The van der Waals surface area contributed by atoms with Gasteiger partial charge in [-0.1, -0.05) is 0 Å². The van der Waals surface area contributed by atoms with Crippen LogP contribution in [0.25, 0.3) is 28.3 Å². The van der Waals surface area contributed by atoms with Crippen molar-refractivity contribution in [2.75, 3.05) is 32.8 Å². The first kappa shape index (κ1) is 20.9. The molecule has 0 amide bonds. The van der Waals surface area contributed by atoms with E-state index in [1.165, 1.54) is 0 Å². The third kappa shape index (κ3) is 3.44. The number of nitriles is 1. The number of likely N-dealkylation sites (tertiary alicyclic amines) is 1. The van der Waals surface area contributed by atoms with E-state index in [0.717, 1.165) is 22.5 Å². The molecule has 10 nitrogen and oxygen atoms in total. The Morgan fingerprint density at radius 2 is 2.00 bits per heavy atom. The van der Waals surface area contributed by atoms with Crippen molar-refractivity contribution in [3.8, 4) is 28.7 Å². The van der Waals surface area contributed by atoms with E-state index in [-0.39, 0.29) is 19.0 Å². The summed E-state index contributed by atoms with van der Waals surface area (Å²) in [5, 5.41) is 18.3. The van der Waals surface area contributed by atoms with Crippen LogP contribution >= 0.6 is 0 Å². The number of fused-ring (bicyclic) bond motifs is 1. The molecule has 2 saturated heterocycles. The fourth-order valence-corrected chi connectivity index (χ4v) is 4.61. The van der Waals surface area contributed by atoms with Gasteiger partial charge in [0.05, 0.1) is 61.9 Å². The van der Waals surface area contributed by atoms with Crippen LogP contribution in [0.2, 0.25) is 0 Å². The highest BCUT2D eigenvalue weighted by atomic mass is 19.3. The van der Waals surface area contributed by atoms with Gasteiger partial charge in [0.2, 0.25) is 0 Å². The molecule has 2 aliphatic rings. The molecule has 6 heterocycles. The second-order valence-electron chi connectivity index (χ2n) is 8.81. The Labute approximate surface area is 193 Å². The Hall–Kier alpha value is -3.69. The fraction of sp³-hybridized carbons (Fsp3) is 0.409. The monoisotopic (exact) mass is 465 g/mol. The molecule has 4 aromatic rings. The summed E-state index contributed by atoms with van der Waals surface area (Å²) < 4.78 is 36.3. The highest BCUT2D eigenvalue weighted by Crippen LogP contribution is 2.34. The van der Waals surface area contributed by atoms with E-state index in [1.807, 2.05) is 33.7 Å². The number of ether oxygens (including phenoxy) is 1. The van der Waals surface area contributed by atoms with Crippen LogP contribution < -0.4 is 0 Å². The molecule has 2 aliphatic heterocycles. The smallest absolute Gasteiger partial charge is 0.251 e. The predicted molar refractivity (Wildman–Crippen MR) is 116 cm³/mol. The van der Waals surface area contributed by atoms with Gasteiger partial charge in [-0.15, -0.1) is 0 Å². The van der Waals surface area contributed by atoms with Crippen LogP contribution in [-0.4, -0.2) is 78.1 Å². The van der Waals surface area contributed by atoms with Gasteiger partial charge < -0.3 is 4.74 Å². The average molecular weight is 465 g/mol. The topological polar surface area (TPSA) is 102 Å². The van der Waals surface area contributed by atoms with Crippen LogP contribution in [0, 0.1) is 11.3 Å². The maximum absolute atomic E-state index is 12.8. The van der Waals surface area contributed by atoms with Gasteiger partial charge >= 0.3 is 0 Å². The molecule has 12 heteroatoms. The van der Waals surface area contributed by atoms with Crippen molar-refractivity contribution >= 4 is 5.65 Å². The summed E-state index contributed by atoms with van der Waals surface area (Å²) in [7, 11) is 0. The second kappa shape index (κ2) is 7.96. The van der Waals surface area contributed by atoms with E-state index in [1.54, 1.807) is 28.2 Å². The van der Waals surface area contributed by atoms with E-state index in [9.17, 15) is 14.0 Å². The van der Waals surface area contributed by atoms with Gasteiger partial charge in [-0.25, -0.2) is 18.7 Å². The number of alkyl halides is 2. The molecule has 34 heavy (non-hydrogen) atoms. The average Bonchev–Trinajstić information content (AvgIpc) is 3.50. The molecular formula is C22H21F2N9O. The van der Waals surface area contributed by atoms with Gasteiger partial charge in [-0.05, 0) is 0 Å². The zero-order valence-electron chi connectivity index (χ0n) is 18.1. The Kier molecular flexibility index (Phi) is 4.89. The van der Waals surface area contributed by atoms with Crippen molar-refractivity contribution in [1.29, 1.82) is 5.26 Å². The van der Waals surface area contributed by atoms with Crippen LogP contribution in [-0.2, 0) is 10.3 Å². The van der Waals surface area contributed by atoms with Gasteiger partial charge in [-0.3, -0.25) is 18.7 Å². The lowest BCUT2D eigenvalue weighted by Gasteiger charge is -2.48. The van der Waals surface area contributed by atoms with Crippen molar-refractivity contribution in [3.05, 3.63) is 43.2 Å². The summed E-state index contributed by atoms with van der Waals surface area (Å²) in [6.45, 7) is 1.70. The highest BCUT2D eigenvalue weighted by molar-refractivity contribution is 5.68. The number of nitrogens with zero attached hydrogens (tertiary/aromatic N) is 9. The molecule has 0 aliphatic carbocycles. The predicted octanol–water partition coefficient (Wildman–Crippen LogP) is 2.22. The molecular weight excluding hydrogens is 444 g/mol. The van der Waals surface area contributed by atoms with E-state index >= 15 is 0 Å². The number of halogens is 2. The van der Waals surface area contributed by atoms with Crippen LogP contribution in [0.4, 0.5) is 8.78 Å². The first-order valence-electron chi connectivity index (χ1n) is 10.9. The number of imidazole rings is 1. The third-order valence-electron chi connectivity index (χ3n) is 6.45. The minimum Gasteiger partial charge on any atom is -0.377 e. The van der Waals surface area contributed by atoms with Crippen molar-refractivity contribution in [1.82, 2.24) is 38.8 Å². The molecule has 0 aromatic carbocycles. The summed E-state index contributed by atoms with van der Waals surface area (Å²) in [4.78, 5) is 11.0. The lowest BCUT2D eigenvalue weighted by molar-refractivity contribution is -0.0311. The summed E-state index contributed by atoms with van der Waals surface area (Å²) in [5.74, 6) is 0.645. The maximum Gasteiger partial charge on any atom is 0.251 e. The van der Waals surface area contributed by atoms with Crippen LogP contribution in [0.5, 0.6) is 0 Å². The summed E-state index contributed by atoms with van der Waals surface area (Å²) in [5.41, 5.74) is 2.44. The normalized spacial score (nSPS) is 18.2. The Bertz CT molecular complexity index is 1370. The Balaban J connectivity index is 1.34. The van der Waals surface area contributed by atoms with Gasteiger partial charge in [0.25, 0.3) is 6.43 Å². The number of rotatable bonds is 7. The first-order valence-corrected chi connectivity index (χ1v) is 10.9. The second-order valence-corrected chi connectivity index (χ2v) is 8.81. The van der Waals surface area contributed by atoms with E-state index in [0.29, 0.717) is 32.1 Å². The maximum atomic E-state index is 12.8. The molecule has 0 bridgehead atoms. The highest BCUT2D eigenvalue weighted by Gasteiger charge is 2.46. The summed E-state index contributed by atoms with van der Waals surface area (Å²) in [6.07, 6.45) is 8.56. The SMILES string of the molecule is N#CCC1(n2cc(-c3nc(-c4cnn(C5COC5)c4)cc4nccn34)cn2)CN(CC(F)F)C1. The van der Waals surface area contributed by atoms with Crippen LogP contribution in [0.1, 0.15) is 12.5 Å². The van der Waals surface area contributed by atoms with Crippen molar-refractivity contribution in [3.63, 3.8) is 0 Å². The molecule has 0 spiro atoms. The molecule has 174 valence electrons. The van der Waals surface area contributed by atoms with E-state index < -0.39 is 12.0 Å². The number of aromatic nitrogens is 7. The zero-order valence-corrected chi connectivity index (χ0v) is 18.1. The standard InChI is InChI=1S/C22H21F2N9O/c23-19(24)10-30-13-22(14-30,1-2-25)33-9-16(7-28-33)21-29-18(5-20-26-3-4-31(20)21)15-6-27-32(8-15)17-11-34-12-17/h3-9,17,19H,1,10-14H2. The van der Waals surface area contributed by atoms with Crippen molar-refractivity contribution in [2.45, 2.75) is 24.4 Å². The van der Waals surface area contributed by atoms with E-state index in [2.05, 4.69) is 21.3 Å². The number of hydrogen-bond donors (Lipinski definition) is 0. The van der Waals surface area contributed by atoms with Crippen LogP contribution in [0.15, 0.2) is 43.2 Å². The largest absolute Gasteiger partial charge is 0.377 e. The Morgan fingerprint density at radius 3 is 2.74 bits per heavy atom. The molecule has 4 aromatic heterocycles. The Morgan fingerprint density at radius 1 is 1.18 bits per heavy atom. The van der Waals surface area contributed by atoms with Gasteiger partial charge in [0.1, 0.15) is 17.0 Å². The van der Waals surface area contributed by atoms with Gasteiger partial charge in [-0.2, -0.15) is 15.5 Å². The zero-order chi connectivity index (χ0) is 23.3. The summed E-state index contributed by atoms with van der Waals surface area (Å²) >= 11 is 0. The van der Waals surface area contributed by atoms with E-state index in [4.69, 9.17) is 9.72 Å².